The summed E-state index contributed by atoms with van der Waals surface area (Å²) in [5.41, 5.74) is -1.04. The van der Waals surface area contributed by atoms with Crippen molar-refractivity contribution in [3.05, 3.63) is 26.8 Å². The van der Waals surface area contributed by atoms with Crippen molar-refractivity contribution in [1.29, 1.82) is 0 Å². The molecule has 1 rings (SSSR count). The van der Waals surface area contributed by atoms with Gasteiger partial charge < -0.3 is 0 Å². The first-order chi connectivity index (χ1) is 7.72. The second-order valence-electron chi connectivity index (χ2n) is 3.96. The third kappa shape index (κ3) is 4.91. The van der Waals surface area contributed by atoms with Gasteiger partial charge >= 0.3 is 11.4 Å². The van der Waals surface area contributed by atoms with Gasteiger partial charge in [-0.3, -0.25) is 9.97 Å². The molecule has 5 nitrogen and oxygen atoms in total. The zero-order chi connectivity index (χ0) is 11.8. The second-order valence-corrected chi connectivity index (χ2v) is 3.96. The van der Waals surface area contributed by atoms with Crippen molar-refractivity contribution in [2.75, 3.05) is 0 Å². The minimum absolute atomic E-state index is 0.471. The Hall–Kier alpha value is -1.39. The first kappa shape index (κ1) is 12.7. The molecule has 0 atom stereocenters. The number of hydrogen-bond donors (Lipinski definition) is 2. The number of nitrogens with zero attached hydrogens (tertiary/aromatic N) is 1. The molecule has 2 N–H and O–H groups in total. The van der Waals surface area contributed by atoms with Gasteiger partial charge in [-0.05, 0) is 6.42 Å². The van der Waals surface area contributed by atoms with Crippen LogP contribution in [0.2, 0.25) is 0 Å². The van der Waals surface area contributed by atoms with E-state index < -0.39 is 11.4 Å². The van der Waals surface area contributed by atoms with E-state index >= 15 is 0 Å². The largest absolute Gasteiger partial charge is 0.350 e. The third-order valence-electron chi connectivity index (χ3n) is 2.48. The molecule has 0 amide bonds. The van der Waals surface area contributed by atoms with Crippen molar-refractivity contribution in [3.63, 3.8) is 0 Å². The first-order valence-electron chi connectivity index (χ1n) is 5.92. The molecule has 90 valence electrons. The van der Waals surface area contributed by atoms with Crippen molar-refractivity contribution >= 4 is 0 Å². The maximum absolute atomic E-state index is 10.9. The predicted octanol–water partition coefficient (Wildman–Crippen LogP) is 1.36. The molecule has 0 unspecified atom stereocenters. The minimum Gasteiger partial charge on any atom is -0.295 e. The molecule has 0 aromatic carbocycles. The Bertz CT molecular complexity index is 380. The molecule has 0 saturated heterocycles. The molecule has 0 aliphatic heterocycles. The van der Waals surface area contributed by atoms with Gasteiger partial charge in [0.1, 0.15) is 5.82 Å². The number of rotatable bonds is 7. The summed E-state index contributed by atoms with van der Waals surface area (Å²) in [6.45, 7) is 2.19. The fraction of sp³-hybridized carbons (Fsp3) is 0.727. The lowest BCUT2D eigenvalue weighted by molar-refractivity contribution is 0.598. The molecule has 16 heavy (non-hydrogen) atoms. The van der Waals surface area contributed by atoms with Gasteiger partial charge in [-0.1, -0.05) is 39.0 Å². The van der Waals surface area contributed by atoms with Gasteiger partial charge in [-0.15, -0.1) is 0 Å². The van der Waals surface area contributed by atoms with E-state index in [1.807, 2.05) is 0 Å². The summed E-state index contributed by atoms with van der Waals surface area (Å²) < 4.78 is 0. The molecule has 0 radical (unpaired) electrons. The standard InChI is InChI=1S/C11H19N3O2/c1-2-3-4-5-6-7-8-9-12-10(15)14-11(16)13-9/h2-8H2,1H3,(H2,12,13,14,15,16). The van der Waals surface area contributed by atoms with Crippen LogP contribution in [0.3, 0.4) is 0 Å². The Labute approximate surface area is 94.3 Å². The number of unbranched alkanes of at least 4 members (excludes halogenated alkanes) is 5. The highest BCUT2D eigenvalue weighted by molar-refractivity contribution is 4.82. The summed E-state index contributed by atoms with van der Waals surface area (Å²) in [4.78, 5) is 30.1. The monoisotopic (exact) mass is 225 g/mol. The van der Waals surface area contributed by atoms with Crippen molar-refractivity contribution in [3.8, 4) is 0 Å². The molecule has 0 aliphatic rings. The molecular weight excluding hydrogens is 206 g/mol. The molecular formula is C11H19N3O2. The molecule has 0 bridgehead atoms. The highest BCUT2D eigenvalue weighted by Gasteiger charge is 1.98. The molecule has 5 heteroatoms. The van der Waals surface area contributed by atoms with Crippen molar-refractivity contribution < 1.29 is 0 Å². The lowest BCUT2D eigenvalue weighted by Crippen LogP contribution is -2.26. The molecule has 1 aromatic rings. The van der Waals surface area contributed by atoms with E-state index in [2.05, 4.69) is 21.9 Å². The van der Waals surface area contributed by atoms with E-state index in [1.165, 1.54) is 25.7 Å². The summed E-state index contributed by atoms with van der Waals surface area (Å²) in [7, 11) is 0. The fourth-order valence-corrected chi connectivity index (χ4v) is 1.63. The maximum atomic E-state index is 10.9. The Morgan fingerprint density at radius 1 is 1.00 bits per heavy atom. The van der Waals surface area contributed by atoms with Gasteiger partial charge in [0.2, 0.25) is 0 Å². The van der Waals surface area contributed by atoms with Crippen molar-refractivity contribution in [2.24, 2.45) is 0 Å². The Morgan fingerprint density at radius 3 is 2.38 bits per heavy atom. The van der Waals surface area contributed by atoms with Crippen LogP contribution in [0, 0.1) is 0 Å². The highest BCUT2D eigenvalue weighted by atomic mass is 16.2. The minimum atomic E-state index is -0.565. The van der Waals surface area contributed by atoms with Gasteiger partial charge in [0.15, 0.2) is 0 Å². The van der Waals surface area contributed by atoms with Gasteiger partial charge in [0, 0.05) is 6.42 Å². The molecule has 0 aliphatic carbocycles. The van der Waals surface area contributed by atoms with Crippen LogP contribution in [0.25, 0.3) is 0 Å². The number of nitrogens with one attached hydrogen (secondary N) is 2. The summed E-state index contributed by atoms with van der Waals surface area (Å²) in [5, 5.41) is 0. The maximum Gasteiger partial charge on any atom is 0.350 e. The van der Waals surface area contributed by atoms with Crippen LogP contribution in [-0.2, 0) is 6.42 Å². The zero-order valence-electron chi connectivity index (χ0n) is 9.71. The lowest BCUT2D eigenvalue weighted by atomic mass is 10.1. The topological polar surface area (TPSA) is 78.6 Å². The average molecular weight is 225 g/mol. The van der Waals surface area contributed by atoms with Crippen LogP contribution in [0.15, 0.2) is 9.59 Å². The number of aromatic nitrogens is 3. The second kappa shape index (κ2) is 6.98. The summed E-state index contributed by atoms with van der Waals surface area (Å²) in [5.74, 6) is 0.490. The van der Waals surface area contributed by atoms with Gasteiger partial charge in [0.25, 0.3) is 0 Å². The van der Waals surface area contributed by atoms with E-state index in [9.17, 15) is 9.59 Å². The molecule has 1 heterocycles. The van der Waals surface area contributed by atoms with Crippen LogP contribution < -0.4 is 11.4 Å². The van der Waals surface area contributed by atoms with E-state index in [4.69, 9.17) is 0 Å². The van der Waals surface area contributed by atoms with E-state index in [-0.39, 0.29) is 0 Å². The van der Waals surface area contributed by atoms with E-state index in [0.29, 0.717) is 12.2 Å². The Morgan fingerprint density at radius 2 is 1.69 bits per heavy atom. The van der Waals surface area contributed by atoms with Crippen LogP contribution >= 0.6 is 0 Å². The molecule has 1 aromatic heterocycles. The average Bonchev–Trinajstić information content (AvgIpc) is 2.22. The lowest BCUT2D eigenvalue weighted by Gasteiger charge is -2.00. The Kier molecular flexibility index (Phi) is 5.53. The highest BCUT2D eigenvalue weighted by Crippen LogP contribution is 2.06. The molecule has 0 spiro atoms. The van der Waals surface area contributed by atoms with Gasteiger partial charge in [-0.25, -0.2) is 9.59 Å². The zero-order valence-corrected chi connectivity index (χ0v) is 9.71. The Balaban J connectivity index is 2.27. The van der Waals surface area contributed by atoms with Crippen molar-refractivity contribution in [2.45, 2.75) is 51.9 Å². The van der Waals surface area contributed by atoms with Crippen molar-refractivity contribution in [1.82, 2.24) is 15.0 Å². The summed E-state index contributed by atoms with van der Waals surface area (Å²) in [6, 6.07) is 0. The number of H-pyrrole nitrogens is 2. The number of aromatic amines is 2. The normalized spacial score (nSPS) is 10.6. The van der Waals surface area contributed by atoms with Crippen LogP contribution in [-0.4, -0.2) is 15.0 Å². The summed E-state index contributed by atoms with van der Waals surface area (Å²) >= 11 is 0. The van der Waals surface area contributed by atoms with E-state index in [0.717, 1.165) is 12.8 Å². The molecule has 0 fully saturated rings. The van der Waals surface area contributed by atoms with E-state index in [1.54, 1.807) is 0 Å². The predicted molar refractivity (Wildman–Crippen MR) is 62.6 cm³/mol. The number of hydrogen-bond acceptors (Lipinski definition) is 3. The van der Waals surface area contributed by atoms with Crippen LogP contribution in [0.4, 0.5) is 0 Å². The SMILES string of the molecule is CCCCCCCCc1nc(=O)[nH]c(=O)[nH]1. The smallest absolute Gasteiger partial charge is 0.295 e. The van der Waals surface area contributed by atoms with Gasteiger partial charge in [0.05, 0.1) is 0 Å². The summed E-state index contributed by atoms with van der Waals surface area (Å²) in [6.07, 6.45) is 7.75. The first-order valence-corrected chi connectivity index (χ1v) is 5.92. The van der Waals surface area contributed by atoms with Gasteiger partial charge in [-0.2, -0.15) is 4.98 Å². The van der Waals surface area contributed by atoms with Crippen LogP contribution in [0.5, 0.6) is 0 Å². The quantitative estimate of drug-likeness (QED) is 0.688. The van der Waals surface area contributed by atoms with Crippen LogP contribution in [0.1, 0.15) is 51.3 Å². The molecule has 0 saturated carbocycles. The number of aryl methyl sites for hydroxylation is 1. The fourth-order valence-electron chi connectivity index (χ4n) is 1.63. The third-order valence-corrected chi connectivity index (χ3v) is 2.48.